The largest absolute Gasteiger partial charge is 0.405 e. The third kappa shape index (κ3) is 2.47. The molecule has 0 amide bonds. The summed E-state index contributed by atoms with van der Waals surface area (Å²) in [5.74, 6) is 0. The van der Waals surface area contributed by atoms with Gasteiger partial charge in [0.15, 0.2) is 0 Å². The second kappa shape index (κ2) is 3.97. The lowest BCUT2D eigenvalue weighted by atomic mass is 10.1. The third-order valence-electron chi connectivity index (χ3n) is 2.48. The first-order chi connectivity index (χ1) is 6.97. The SMILES string of the molecule is NC1CC=C(C2CC(C(F)(F)F)NN2)S1. The highest BCUT2D eigenvalue weighted by Gasteiger charge is 2.45. The fraction of sp³-hybridized carbons (Fsp3) is 0.750. The van der Waals surface area contributed by atoms with Crippen molar-refractivity contribution < 1.29 is 13.2 Å². The van der Waals surface area contributed by atoms with Crippen LogP contribution >= 0.6 is 11.8 Å². The Bertz CT molecular complexity index is 279. The molecule has 2 aliphatic rings. The molecule has 2 rings (SSSR count). The lowest BCUT2D eigenvalue weighted by molar-refractivity contribution is -0.152. The van der Waals surface area contributed by atoms with Crippen LogP contribution in [0.25, 0.3) is 0 Å². The molecule has 86 valence electrons. The molecule has 4 N–H and O–H groups in total. The Kier molecular flexibility index (Phi) is 2.98. The van der Waals surface area contributed by atoms with E-state index in [1.54, 1.807) is 0 Å². The van der Waals surface area contributed by atoms with Crippen LogP contribution in [0.4, 0.5) is 13.2 Å². The van der Waals surface area contributed by atoms with Gasteiger partial charge >= 0.3 is 6.18 Å². The van der Waals surface area contributed by atoms with Crippen LogP contribution in [-0.2, 0) is 0 Å². The van der Waals surface area contributed by atoms with E-state index in [9.17, 15) is 13.2 Å². The van der Waals surface area contributed by atoms with Crippen molar-refractivity contribution in [2.45, 2.75) is 36.5 Å². The van der Waals surface area contributed by atoms with E-state index < -0.39 is 12.2 Å². The summed E-state index contributed by atoms with van der Waals surface area (Å²) in [6, 6.07) is -1.71. The Morgan fingerprint density at radius 1 is 1.40 bits per heavy atom. The minimum Gasteiger partial charge on any atom is -0.319 e. The van der Waals surface area contributed by atoms with E-state index in [-0.39, 0.29) is 17.8 Å². The number of hydrazine groups is 1. The van der Waals surface area contributed by atoms with Crippen molar-refractivity contribution >= 4 is 11.8 Å². The molecule has 0 spiro atoms. The maximum absolute atomic E-state index is 12.3. The Hall–Kier alpha value is -0.240. The molecular formula is C8H12F3N3S. The standard InChI is InChI=1S/C8H12F3N3S/c9-8(10,11)6-3-4(13-14-6)5-1-2-7(12)15-5/h1,4,6-7,13-14H,2-3,12H2. The van der Waals surface area contributed by atoms with Crippen LogP contribution in [0, 0.1) is 0 Å². The van der Waals surface area contributed by atoms with E-state index in [0.717, 1.165) is 11.3 Å². The third-order valence-corrected chi connectivity index (χ3v) is 3.70. The predicted octanol–water partition coefficient (Wildman–Crippen LogP) is 1.09. The van der Waals surface area contributed by atoms with Crippen molar-refractivity contribution in [3.05, 3.63) is 11.0 Å². The molecule has 3 unspecified atom stereocenters. The lowest BCUT2D eigenvalue weighted by Crippen LogP contribution is -2.41. The fourth-order valence-electron chi connectivity index (χ4n) is 1.69. The van der Waals surface area contributed by atoms with Crippen LogP contribution < -0.4 is 16.6 Å². The van der Waals surface area contributed by atoms with Gasteiger partial charge in [-0.05, 0) is 12.8 Å². The molecule has 3 atom stereocenters. The monoisotopic (exact) mass is 239 g/mol. The summed E-state index contributed by atoms with van der Waals surface area (Å²) in [4.78, 5) is 0.918. The van der Waals surface area contributed by atoms with Crippen molar-refractivity contribution in [3.63, 3.8) is 0 Å². The van der Waals surface area contributed by atoms with Crippen LogP contribution in [0.5, 0.6) is 0 Å². The van der Waals surface area contributed by atoms with Crippen LogP contribution in [-0.4, -0.2) is 23.6 Å². The summed E-state index contributed by atoms with van der Waals surface area (Å²) in [6.45, 7) is 0. The molecule has 0 saturated carbocycles. The highest BCUT2D eigenvalue weighted by molar-refractivity contribution is 8.03. The Morgan fingerprint density at radius 3 is 2.60 bits per heavy atom. The molecular weight excluding hydrogens is 227 g/mol. The lowest BCUT2D eigenvalue weighted by Gasteiger charge is -2.13. The van der Waals surface area contributed by atoms with Crippen molar-refractivity contribution in [1.82, 2.24) is 10.9 Å². The van der Waals surface area contributed by atoms with Gasteiger partial charge < -0.3 is 5.73 Å². The minimum absolute atomic E-state index is 0.00765. The number of thioether (sulfide) groups is 1. The maximum Gasteiger partial charge on any atom is 0.405 e. The second-order valence-electron chi connectivity index (χ2n) is 3.67. The number of nitrogens with one attached hydrogen (secondary N) is 2. The summed E-state index contributed by atoms with van der Waals surface area (Å²) in [5.41, 5.74) is 10.6. The number of rotatable bonds is 1. The minimum atomic E-state index is -4.19. The molecule has 3 nitrogen and oxygen atoms in total. The summed E-state index contributed by atoms with van der Waals surface area (Å²) in [6.07, 6.45) is -1.51. The molecule has 1 fully saturated rings. The van der Waals surface area contributed by atoms with Gasteiger partial charge in [0.25, 0.3) is 0 Å². The van der Waals surface area contributed by atoms with Gasteiger partial charge in [-0.1, -0.05) is 6.08 Å². The first-order valence-corrected chi connectivity index (χ1v) is 5.55. The molecule has 7 heteroatoms. The molecule has 2 heterocycles. The number of hydrogen-bond donors (Lipinski definition) is 3. The van der Waals surface area contributed by atoms with Crippen LogP contribution in [0.3, 0.4) is 0 Å². The normalized spacial score (nSPS) is 37.1. The van der Waals surface area contributed by atoms with E-state index in [0.29, 0.717) is 0 Å². The zero-order valence-electron chi connectivity index (χ0n) is 7.84. The Morgan fingerprint density at radius 2 is 2.13 bits per heavy atom. The van der Waals surface area contributed by atoms with Gasteiger partial charge in [0.2, 0.25) is 0 Å². The second-order valence-corrected chi connectivity index (χ2v) is 4.98. The smallest absolute Gasteiger partial charge is 0.319 e. The molecule has 0 aromatic carbocycles. The topological polar surface area (TPSA) is 50.1 Å². The van der Waals surface area contributed by atoms with Gasteiger partial charge in [-0.15, -0.1) is 11.8 Å². The highest BCUT2D eigenvalue weighted by atomic mass is 32.2. The average Bonchev–Trinajstić information content (AvgIpc) is 2.69. The molecule has 0 aliphatic carbocycles. The quantitative estimate of drug-likeness (QED) is 0.641. The molecule has 1 saturated heterocycles. The van der Waals surface area contributed by atoms with Crippen molar-refractivity contribution in [1.29, 1.82) is 0 Å². The zero-order valence-corrected chi connectivity index (χ0v) is 8.66. The van der Waals surface area contributed by atoms with Crippen LogP contribution in [0.1, 0.15) is 12.8 Å². The number of halogens is 3. The van der Waals surface area contributed by atoms with E-state index >= 15 is 0 Å². The van der Waals surface area contributed by atoms with E-state index in [4.69, 9.17) is 5.73 Å². The first-order valence-electron chi connectivity index (χ1n) is 4.67. The van der Waals surface area contributed by atoms with E-state index in [1.165, 1.54) is 11.8 Å². The van der Waals surface area contributed by atoms with E-state index in [1.807, 2.05) is 6.08 Å². The van der Waals surface area contributed by atoms with E-state index in [2.05, 4.69) is 10.9 Å². The molecule has 0 aromatic heterocycles. The summed E-state index contributed by atoms with van der Waals surface area (Å²) in [7, 11) is 0. The van der Waals surface area contributed by atoms with Gasteiger partial charge in [0, 0.05) is 4.91 Å². The molecule has 15 heavy (non-hydrogen) atoms. The zero-order chi connectivity index (χ0) is 11.1. The van der Waals surface area contributed by atoms with Gasteiger partial charge in [-0.3, -0.25) is 0 Å². The molecule has 0 aromatic rings. The predicted molar refractivity (Wildman–Crippen MR) is 52.8 cm³/mol. The molecule has 2 aliphatic heterocycles. The summed E-state index contributed by atoms with van der Waals surface area (Å²) < 4.78 is 37.0. The average molecular weight is 239 g/mol. The Balaban J connectivity index is 1.93. The fourth-order valence-corrected chi connectivity index (χ4v) is 2.74. The van der Waals surface area contributed by atoms with Gasteiger partial charge in [0.1, 0.15) is 6.04 Å². The van der Waals surface area contributed by atoms with Gasteiger partial charge in [-0.25, -0.2) is 10.9 Å². The Labute approximate surface area is 89.6 Å². The van der Waals surface area contributed by atoms with Crippen LogP contribution in [0.15, 0.2) is 11.0 Å². The number of hydrogen-bond acceptors (Lipinski definition) is 4. The maximum atomic E-state index is 12.3. The first kappa shape index (κ1) is 11.3. The molecule has 0 radical (unpaired) electrons. The van der Waals surface area contributed by atoms with Crippen LogP contribution in [0.2, 0.25) is 0 Å². The van der Waals surface area contributed by atoms with Crippen molar-refractivity contribution in [3.8, 4) is 0 Å². The van der Waals surface area contributed by atoms with Gasteiger partial charge in [0.05, 0.1) is 11.4 Å². The number of nitrogens with two attached hydrogens (primary N) is 1. The highest BCUT2D eigenvalue weighted by Crippen LogP contribution is 2.36. The summed E-state index contributed by atoms with van der Waals surface area (Å²) >= 11 is 1.44. The number of alkyl halides is 3. The van der Waals surface area contributed by atoms with Gasteiger partial charge in [-0.2, -0.15) is 13.2 Å². The summed E-state index contributed by atoms with van der Waals surface area (Å²) in [5, 5.41) is -0.00765. The molecule has 0 bridgehead atoms. The van der Waals surface area contributed by atoms with Crippen molar-refractivity contribution in [2.75, 3.05) is 0 Å². The van der Waals surface area contributed by atoms with Crippen molar-refractivity contribution in [2.24, 2.45) is 5.73 Å².